The predicted molar refractivity (Wildman–Crippen MR) is 117 cm³/mol. The summed E-state index contributed by atoms with van der Waals surface area (Å²) in [5, 5.41) is 0. The molecule has 0 atom stereocenters. The topological polar surface area (TPSA) is 48.0 Å². The predicted octanol–water partition coefficient (Wildman–Crippen LogP) is 5.26. The fraction of sp³-hybridized carbons (Fsp3) is 0.240. The summed E-state index contributed by atoms with van der Waals surface area (Å²) in [5.74, 6) is 1.57. The van der Waals surface area contributed by atoms with Crippen molar-refractivity contribution in [1.82, 2.24) is 0 Å². The van der Waals surface area contributed by atoms with Gasteiger partial charge in [0.2, 0.25) is 12.7 Å². The number of benzene rings is 3. The Bertz CT molecular complexity index is 1130. The van der Waals surface area contributed by atoms with Crippen LogP contribution in [0.3, 0.4) is 0 Å². The Balaban J connectivity index is 1.56. The van der Waals surface area contributed by atoms with E-state index in [0.717, 1.165) is 17.7 Å². The van der Waals surface area contributed by atoms with E-state index in [1.165, 1.54) is 12.1 Å². The van der Waals surface area contributed by atoms with Crippen LogP contribution in [-0.4, -0.2) is 26.4 Å². The van der Waals surface area contributed by atoms with Gasteiger partial charge >= 0.3 is 6.18 Å². The smallest absolute Gasteiger partial charge is 0.416 e. The number of nitrogens with zero attached hydrogens (tertiary/aromatic N) is 1. The van der Waals surface area contributed by atoms with Crippen molar-refractivity contribution in [3.63, 3.8) is 0 Å². The van der Waals surface area contributed by atoms with Gasteiger partial charge in [0.25, 0.3) is 0 Å². The van der Waals surface area contributed by atoms with Gasteiger partial charge in [0.15, 0.2) is 11.5 Å². The van der Waals surface area contributed by atoms with Crippen LogP contribution in [-0.2, 0) is 23.8 Å². The van der Waals surface area contributed by atoms with E-state index in [1.54, 1.807) is 36.3 Å². The molecular weight excluding hydrogens is 435 g/mol. The SMILES string of the molecule is COc1ccccc1CC(=O)N(CCc1ccc(C(F)(F)F)cc1)c1ccc2c(c1)OCO2. The Kier molecular flexibility index (Phi) is 6.44. The molecule has 3 aromatic rings. The zero-order valence-electron chi connectivity index (χ0n) is 17.9. The summed E-state index contributed by atoms with van der Waals surface area (Å²) >= 11 is 0. The average molecular weight is 457 g/mol. The van der Waals surface area contributed by atoms with Crippen LogP contribution < -0.4 is 19.1 Å². The molecule has 172 valence electrons. The minimum absolute atomic E-state index is 0.103. The lowest BCUT2D eigenvalue weighted by Gasteiger charge is -2.24. The number of halogens is 3. The van der Waals surface area contributed by atoms with E-state index in [4.69, 9.17) is 14.2 Å². The van der Waals surface area contributed by atoms with Gasteiger partial charge in [0.1, 0.15) is 5.75 Å². The minimum Gasteiger partial charge on any atom is -0.496 e. The fourth-order valence-corrected chi connectivity index (χ4v) is 3.66. The molecule has 0 N–H and O–H groups in total. The first-order chi connectivity index (χ1) is 15.8. The first-order valence-electron chi connectivity index (χ1n) is 10.3. The Hall–Kier alpha value is -3.68. The molecule has 1 aliphatic heterocycles. The molecule has 1 heterocycles. The normalized spacial score (nSPS) is 12.5. The van der Waals surface area contributed by atoms with Crippen LogP contribution in [0.4, 0.5) is 18.9 Å². The van der Waals surface area contributed by atoms with E-state index in [1.807, 2.05) is 18.2 Å². The highest BCUT2D eigenvalue weighted by Gasteiger charge is 2.30. The number of rotatable bonds is 7. The van der Waals surface area contributed by atoms with E-state index < -0.39 is 11.7 Å². The average Bonchev–Trinajstić information content (AvgIpc) is 3.27. The Morgan fingerprint density at radius 3 is 2.45 bits per heavy atom. The summed E-state index contributed by atoms with van der Waals surface area (Å²) in [6.07, 6.45) is -3.91. The van der Waals surface area contributed by atoms with Gasteiger partial charge in [0.05, 0.1) is 19.1 Å². The second-order valence-electron chi connectivity index (χ2n) is 7.52. The number of alkyl halides is 3. The lowest BCUT2D eigenvalue weighted by atomic mass is 10.1. The molecule has 1 amide bonds. The number of amides is 1. The number of fused-ring (bicyclic) bond motifs is 1. The molecule has 0 unspecified atom stereocenters. The van der Waals surface area contributed by atoms with Gasteiger partial charge in [-0.05, 0) is 42.3 Å². The Labute approximate surface area is 189 Å². The van der Waals surface area contributed by atoms with Crippen molar-refractivity contribution in [3.8, 4) is 17.2 Å². The lowest BCUT2D eigenvalue weighted by Crippen LogP contribution is -2.34. The van der Waals surface area contributed by atoms with Crippen LogP contribution in [0.25, 0.3) is 0 Å². The first-order valence-corrected chi connectivity index (χ1v) is 10.3. The summed E-state index contributed by atoms with van der Waals surface area (Å²) in [7, 11) is 1.55. The number of anilines is 1. The van der Waals surface area contributed by atoms with Gasteiger partial charge in [-0.1, -0.05) is 30.3 Å². The molecule has 8 heteroatoms. The van der Waals surface area contributed by atoms with Crippen molar-refractivity contribution in [3.05, 3.63) is 83.4 Å². The molecule has 0 aromatic heterocycles. The molecule has 33 heavy (non-hydrogen) atoms. The van der Waals surface area contributed by atoms with E-state index in [9.17, 15) is 18.0 Å². The van der Waals surface area contributed by atoms with Gasteiger partial charge in [-0.3, -0.25) is 4.79 Å². The molecule has 5 nitrogen and oxygen atoms in total. The van der Waals surface area contributed by atoms with Crippen molar-refractivity contribution in [2.24, 2.45) is 0 Å². The van der Waals surface area contributed by atoms with Crippen LogP contribution in [0.1, 0.15) is 16.7 Å². The van der Waals surface area contributed by atoms with Crippen LogP contribution in [0.15, 0.2) is 66.7 Å². The molecule has 0 saturated carbocycles. The molecule has 0 bridgehead atoms. The van der Waals surface area contributed by atoms with Gasteiger partial charge in [0, 0.05) is 23.9 Å². The molecule has 0 fully saturated rings. The highest BCUT2D eigenvalue weighted by molar-refractivity contribution is 5.95. The Morgan fingerprint density at radius 2 is 1.73 bits per heavy atom. The monoisotopic (exact) mass is 457 g/mol. The Morgan fingerprint density at radius 1 is 1.00 bits per heavy atom. The highest BCUT2D eigenvalue weighted by Crippen LogP contribution is 2.36. The number of hydrogen-bond acceptors (Lipinski definition) is 4. The third-order valence-corrected chi connectivity index (χ3v) is 5.41. The number of methoxy groups -OCH3 is 1. The molecule has 0 spiro atoms. The van der Waals surface area contributed by atoms with Gasteiger partial charge in [-0.25, -0.2) is 0 Å². The largest absolute Gasteiger partial charge is 0.496 e. The van der Waals surface area contributed by atoms with Gasteiger partial charge in [-0.2, -0.15) is 13.2 Å². The lowest BCUT2D eigenvalue weighted by molar-refractivity contribution is -0.137. The number of carbonyl (C=O) groups is 1. The molecule has 0 aliphatic carbocycles. The number of ether oxygens (including phenoxy) is 3. The number of para-hydroxylation sites is 1. The maximum Gasteiger partial charge on any atom is 0.416 e. The van der Waals surface area contributed by atoms with Crippen molar-refractivity contribution in [2.75, 3.05) is 25.3 Å². The highest BCUT2D eigenvalue weighted by atomic mass is 19.4. The van der Waals surface area contributed by atoms with Gasteiger partial charge in [-0.15, -0.1) is 0 Å². The zero-order valence-corrected chi connectivity index (χ0v) is 17.9. The molecule has 0 radical (unpaired) electrons. The van der Waals surface area contributed by atoms with Crippen LogP contribution in [0, 0.1) is 0 Å². The molecule has 3 aromatic carbocycles. The maximum atomic E-state index is 13.3. The molecule has 4 rings (SSSR count). The second-order valence-corrected chi connectivity index (χ2v) is 7.52. The summed E-state index contributed by atoms with van der Waals surface area (Å²) in [6.45, 7) is 0.387. The third kappa shape index (κ3) is 5.22. The molecule has 0 saturated heterocycles. The summed E-state index contributed by atoms with van der Waals surface area (Å²) in [5.41, 5.74) is 1.35. The standard InChI is InChI=1S/C25H22F3NO4/c1-31-21-5-3-2-4-18(21)14-24(30)29(20-10-11-22-23(15-20)33-16-32-22)13-12-17-6-8-19(9-7-17)25(26,27)28/h2-11,15H,12-14,16H2,1H3. The van der Waals surface area contributed by atoms with E-state index in [0.29, 0.717) is 34.9 Å². The van der Waals surface area contributed by atoms with Crippen molar-refractivity contribution >= 4 is 11.6 Å². The molecule has 1 aliphatic rings. The van der Waals surface area contributed by atoms with E-state index in [2.05, 4.69) is 0 Å². The first kappa shape index (κ1) is 22.5. The third-order valence-electron chi connectivity index (χ3n) is 5.41. The van der Waals surface area contributed by atoms with Crippen molar-refractivity contribution < 1.29 is 32.2 Å². The second kappa shape index (κ2) is 9.44. The van der Waals surface area contributed by atoms with Crippen molar-refractivity contribution in [1.29, 1.82) is 0 Å². The van der Waals surface area contributed by atoms with Crippen LogP contribution >= 0.6 is 0 Å². The van der Waals surface area contributed by atoms with Crippen molar-refractivity contribution in [2.45, 2.75) is 19.0 Å². The quantitative estimate of drug-likeness (QED) is 0.486. The van der Waals surface area contributed by atoms with Crippen LogP contribution in [0.5, 0.6) is 17.2 Å². The minimum atomic E-state index is -4.39. The van der Waals surface area contributed by atoms with Gasteiger partial charge < -0.3 is 19.1 Å². The van der Waals surface area contributed by atoms with E-state index in [-0.39, 0.29) is 25.7 Å². The number of hydrogen-bond donors (Lipinski definition) is 0. The maximum absolute atomic E-state index is 13.3. The van der Waals surface area contributed by atoms with Crippen LogP contribution in [0.2, 0.25) is 0 Å². The zero-order chi connectivity index (χ0) is 23.4. The summed E-state index contributed by atoms with van der Waals surface area (Å²) < 4.78 is 54.7. The number of carbonyl (C=O) groups excluding carboxylic acids is 1. The fourth-order valence-electron chi connectivity index (χ4n) is 3.66. The van der Waals surface area contributed by atoms with E-state index >= 15 is 0 Å². The summed E-state index contributed by atoms with van der Waals surface area (Å²) in [6, 6.07) is 17.5. The molecular formula is C25H22F3NO4. The summed E-state index contributed by atoms with van der Waals surface area (Å²) in [4.78, 5) is 14.9.